The molecule has 2 rings (SSSR count). The normalized spacial score (nSPS) is 15.8. The van der Waals surface area contributed by atoms with E-state index in [1.165, 1.54) is 24.0 Å². The molecule has 0 spiro atoms. The zero-order valence-electron chi connectivity index (χ0n) is 16.1. The first-order valence-electron chi connectivity index (χ1n) is 9.01. The molecule has 1 aromatic rings. The summed E-state index contributed by atoms with van der Waals surface area (Å²) in [6.45, 7) is 0.695. The smallest absolute Gasteiger partial charge is 0.324 e. The van der Waals surface area contributed by atoms with Gasteiger partial charge in [-0.25, -0.2) is 31.1 Å². The number of benzene rings is 1. The van der Waals surface area contributed by atoms with E-state index >= 15 is 0 Å². The minimum atomic E-state index is -3.70. The highest BCUT2D eigenvalue weighted by molar-refractivity contribution is 7.89. The summed E-state index contributed by atoms with van der Waals surface area (Å²) >= 11 is 0. The van der Waals surface area contributed by atoms with Crippen molar-refractivity contribution in [2.24, 2.45) is 0 Å². The number of rotatable bonds is 11. The zero-order valence-corrected chi connectivity index (χ0v) is 16.9. The van der Waals surface area contributed by atoms with Crippen LogP contribution in [0.5, 0.6) is 5.75 Å². The number of carbonyl (C=O) groups is 2. The van der Waals surface area contributed by atoms with E-state index in [9.17, 15) is 31.2 Å². The van der Waals surface area contributed by atoms with Crippen molar-refractivity contribution in [3.8, 4) is 5.75 Å². The number of alkyl halides is 2. The van der Waals surface area contributed by atoms with Crippen molar-refractivity contribution in [3.63, 3.8) is 0 Å². The van der Waals surface area contributed by atoms with Gasteiger partial charge in [0.2, 0.25) is 15.9 Å². The molecule has 1 heterocycles. The lowest BCUT2D eigenvalue weighted by Gasteiger charge is -2.16. The maximum Gasteiger partial charge on any atom is 0.324 e. The number of sulfonamides is 1. The molecule has 166 valence electrons. The maximum atomic E-state index is 13.7. The largest absolute Gasteiger partial charge is 0.485 e. The van der Waals surface area contributed by atoms with Crippen molar-refractivity contribution in [2.45, 2.75) is 25.8 Å². The van der Waals surface area contributed by atoms with Gasteiger partial charge in [0, 0.05) is 12.6 Å². The molecule has 0 radical (unpaired) electrons. The quantitative estimate of drug-likeness (QED) is 0.397. The fourth-order valence-corrected chi connectivity index (χ4v) is 3.86. The van der Waals surface area contributed by atoms with Crippen LogP contribution in [0.3, 0.4) is 0 Å². The topological polar surface area (TPSA) is 105 Å². The highest BCUT2D eigenvalue weighted by atomic mass is 32.2. The number of ether oxygens (including phenoxy) is 1. The summed E-state index contributed by atoms with van der Waals surface area (Å²) in [7, 11) is -3.70. The SMILES string of the molecule is C[C@@H](NS(=O)(=O)CC/C=C/CN1CC(=O)NC1=O)c1ccc(F)c(OCC(F)F)c1. The van der Waals surface area contributed by atoms with Crippen molar-refractivity contribution < 1.29 is 35.9 Å². The Morgan fingerprint density at radius 1 is 1.30 bits per heavy atom. The first kappa shape index (κ1) is 23.7. The fraction of sp³-hybridized carbons (Fsp3) is 0.444. The van der Waals surface area contributed by atoms with Crippen LogP contribution in [0.15, 0.2) is 30.4 Å². The number of amides is 3. The van der Waals surface area contributed by atoms with Gasteiger partial charge >= 0.3 is 6.03 Å². The van der Waals surface area contributed by atoms with Crippen molar-refractivity contribution in [2.75, 3.05) is 25.4 Å². The van der Waals surface area contributed by atoms with E-state index in [0.717, 1.165) is 6.07 Å². The molecule has 0 aromatic heterocycles. The predicted octanol–water partition coefficient (Wildman–Crippen LogP) is 1.95. The Kier molecular flexibility index (Phi) is 8.24. The predicted molar refractivity (Wildman–Crippen MR) is 102 cm³/mol. The molecule has 0 bridgehead atoms. The number of hydrogen-bond acceptors (Lipinski definition) is 5. The molecule has 0 aliphatic carbocycles. The van der Waals surface area contributed by atoms with Gasteiger partial charge in [0.1, 0.15) is 13.2 Å². The average Bonchev–Trinajstić information content (AvgIpc) is 2.97. The Morgan fingerprint density at radius 2 is 2.03 bits per heavy atom. The molecule has 1 aliphatic rings. The van der Waals surface area contributed by atoms with E-state index in [2.05, 4.69) is 10.0 Å². The highest BCUT2D eigenvalue weighted by Gasteiger charge is 2.25. The van der Waals surface area contributed by atoms with Crippen molar-refractivity contribution in [1.29, 1.82) is 0 Å². The van der Waals surface area contributed by atoms with E-state index in [4.69, 9.17) is 4.74 Å². The number of hydrogen-bond donors (Lipinski definition) is 2. The van der Waals surface area contributed by atoms with Crippen LogP contribution in [0, 0.1) is 5.82 Å². The van der Waals surface area contributed by atoms with Gasteiger partial charge in [-0.1, -0.05) is 18.2 Å². The van der Waals surface area contributed by atoms with Gasteiger partial charge in [0.05, 0.1) is 5.75 Å². The van der Waals surface area contributed by atoms with Crippen LogP contribution in [-0.2, 0) is 14.8 Å². The third kappa shape index (κ3) is 7.34. The molecule has 1 saturated heterocycles. The van der Waals surface area contributed by atoms with Crippen LogP contribution in [0.1, 0.15) is 24.9 Å². The van der Waals surface area contributed by atoms with Crippen LogP contribution < -0.4 is 14.8 Å². The van der Waals surface area contributed by atoms with Gasteiger partial charge in [-0.05, 0) is 31.0 Å². The molecule has 1 aliphatic heterocycles. The fourth-order valence-electron chi connectivity index (χ4n) is 2.62. The minimum Gasteiger partial charge on any atom is -0.485 e. The first-order chi connectivity index (χ1) is 14.1. The van der Waals surface area contributed by atoms with E-state index in [1.807, 2.05) is 0 Å². The molecule has 12 heteroatoms. The summed E-state index contributed by atoms with van der Waals surface area (Å²) in [6, 6.07) is 2.28. The monoisotopic (exact) mass is 449 g/mol. The number of imide groups is 1. The van der Waals surface area contributed by atoms with E-state index < -0.39 is 46.9 Å². The maximum absolute atomic E-state index is 13.7. The minimum absolute atomic E-state index is 0.0404. The van der Waals surface area contributed by atoms with Gasteiger partial charge in [-0.2, -0.15) is 0 Å². The molecular formula is C18H22F3N3O5S. The summed E-state index contributed by atoms with van der Waals surface area (Å²) in [5.74, 6) is -1.84. The standard InChI is InChI=1S/C18H22F3N3O5S/c1-12(13-5-6-14(19)15(9-13)29-11-16(20)21)23-30(27,28)8-4-2-3-7-24-10-17(25)22-18(24)26/h2-3,5-6,9,12,16,23H,4,7-8,10-11H2,1H3,(H,22,25,26)/b3-2+/t12-/m1/s1. The lowest BCUT2D eigenvalue weighted by molar-refractivity contribution is -0.118. The number of nitrogens with one attached hydrogen (secondary N) is 2. The Bertz CT molecular complexity index is 908. The Labute approximate surface area is 172 Å². The first-order valence-corrected chi connectivity index (χ1v) is 10.7. The van der Waals surface area contributed by atoms with Gasteiger partial charge in [0.15, 0.2) is 11.6 Å². The third-order valence-corrected chi connectivity index (χ3v) is 5.58. The number of halogens is 3. The molecule has 1 atom stereocenters. The van der Waals surface area contributed by atoms with Crippen LogP contribution in [-0.4, -0.2) is 57.1 Å². The number of carbonyl (C=O) groups excluding carboxylic acids is 2. The van der Waals surface area contributed by atoms with Crippen LogP contribution >= 0.6 is 0 Å². The van der Waals surface area contributed by atoms with Crippen LogP contribution in [0.4, 0.5) is 18.0 Å². The van der Waals surface area contributed by atoms with Gasteiger partial charge in [-0.3, -0.25) is 10.1 Å². The molecule has 8 nitrogen and oxygen atoms in total. The Morgan fingerprint density at radius 3 is 2.67 bits per heavy atom. The molecule has 1 fully saturated rings. The molecule has 0 unspecified atom stereocenters. The molecule has 1 aromatic carbocycles. The van der Waals surface area contributed by atoms with Crippen molar-refractivity contribution >= 4 is 22.0 Å². The highest BCUT2D eigenvalue weighted by Crippen LogP contribution is 2.24. The number of allylic oxidation sites excluding steroid dienone is 1. The third-order valence-electron chi connectivity index (χ3n) is 4.09. The molecular weight excluding hydrogens is 427 g/mol. The molecule has 3 amide bonds. The van der Waals surface area contributed by atoms with E-state index in [0.29, 0.717) is 5.56 Å². The van der Waals surface area contributed by atoms with Crippen molar-refractivity contribution in [1.82, 2.24) is 14.9 Å². The average molecular weight is 449 g/mol. The molecule has 2 N–H and O–H groups in total. The van der Waals surface area contributed by atoms with Crippen LogP contribution in [0.2, 0.25) is 0 Å². The summed E-state index contributed by atoms with van der Waals surface area (Å²) < 4.78 is 69.7. The Balaban J connectivity index is 1.85. The van der Waals surface area contributed by atoms with E-state index in [1.54, 1.807) is 12.2 Å². The summed E-state index contributed by atoms with van der Waals surface area (Å²) in [5.41, 5.74) is 0.351. The van der Waals surface area contributed by atoms with Gasteiger partial charge in [-0.15, -0.1) is 0 Å². The Hall–Kier alpha value is -2.60. The summed E-state index contributed by atoms with van der Waals surface area (Å²) in [5, 5.41) is 2.13. The zero-order chi connectivity index (χ0) is 22.3. The summed E-state index contributed by atoms with van der Waals surface area (Å²) in [6.07, 6.45) is 0.563. The van der Waals surface area contributed by atoms with Gasteiger partial charge < -0.3 is 9.64 Å². The molecule has 0 saturated carbocycles. The van der Waals surface area contributed by atoms with Gasteiger partial charge in [0.25, 0.3) is 6.43 Å². The lowest BCUT2D eigenvalue weighted by atomic mass is 10.1. The second-order valence-corrected chi connectivity index (χ2v) is 8.42. The lowest BCUT2D eigenvalue weighted by Crippen LogP contribution is -2.29. The summed E-state index contributed by atoms with van der Waals surface area (Å²) in [4.78, 5) is 23.7. The molecule has 30 heavy (non-hydrogen) atoms. The van der Waals surface area contributed by atoms with E-state index in [-0.39, 0.29) is 31.0 Å². The van der Waals surface area contributed by atoms with Crippen LogP contribution in [0.25, 0.3) is 0 Å². The second kappa shape index (κ2) is 10.4. The number of nitrogens with zero attached hydrogens (tertiary/aromatic N) is 1. The van der Waals surface area contributed by atoms with Crippen molar-refractivity contribution in [3.05, 3.63) is 41.7 Å². The second-order valence-electron chi connectivity index (χ2n) is 6.54. The number of urea groups is 1.